The smallest absolute Gasteiger partial charge is 0.124 e. The van der Waals surface area contributed by atoms with Gasteiger partial charge in [-0.05, 0) is 72.8 Å². The third-order valence-corrected chi connectivity index (χ3v) is 7.91. The summed E-state index contributed by atoms with van der Waals surface area (Å²) in [6, 6.07) is 23.2. The maximum Gasteiger partial charge on any atom is 0.124 e. The summed E-state index contributed by atoms with van der Waals surface area (Å²) >= 11 is 0. The molecule has 2 unspecified atom stereocenters. The van der Waals surface area contributed by atoms with Gasteiger partial charge in [-0.3, -0.25) is 0 Å². The van der Waals surface area contributed by atoms with Gasteiger partial charge in [0.1, 0.15) is 12.4 Å². The van der Waals surface area contributed by atoms with Crippen LogP contribution in [-0.2, 0) is 13.2 Å². The van der Waals surface area contributed by atoms with Crippen molar-refractivity contribution in [3.63, 3.8) is 0 Å². The zero-order chi connectivity index (χ0) is 20.9. The largest absolute Gasteiger partial charge is 0.489 e. The van der Waals surface area contributed by atoms with Crippen molar-refractivity contribution >= 4 is 10.8 Å². The van der Waals surface area contributed by atoms with Crippen LogP contribution >= 0.6 is 0 Å². The second-order valence-electron chi connectivity index (χ2n) is 10.4. The highest BCUT2D eigenvalue weighted by molar-refractivity contribution is 5.87. The van der Waals surface area contributed by atoms with E-state index in [1.807, 2.05) is 6.07 Å². The lowest BCUT2D eigenvalue weighted by molar-refractivity contribution is -0.142. The van der Waals surface area contributed by atoms with Crippen LogP contribution in [-0.4, -0.2) is 16.2 Å². The zero-order valence-electron chi connectivity index (χ0n) is 18.0. The number of fused-ring (bicyclic) bond motifs is 1. The SMILES string of the molecule is OC12CC3CC(C1)CC(NCc1c(OCc4ccccc4)ccc4ccccc14)(C3)C2. The summed E-state index contributed by atoms with van der Waals surface area (Å²) in [4.78, 5) is 0. The summed E-state index contributed by atoms with van der Waals surface area (Å²) in [6.45, 7) is 1.35. The van der Waals surface area contributed by atoms with Gasteiger partial charge < -0.3 is 15.2 Å². The van der Waals surface area contributed by atoms with Crippen LogP contribution in [0.5, 0.6) is 5.75 Å². The van der Waals surface area contributed by atoms with E-state index in [-0.39, 0.29) is 5.54 Å². The highest BCUT2D eigenvalue weighted by Crippen LogP contribution is 2.57. The number of benzene rings is 3. The van der Waals surface area contributed by atoms with E-state index in [2.05, 4.69) is 66.0 Å². The fourth-order valence-corrected chi connectivity index (χ4v) is 7.07. The molecular weight excluding hydrogens is 382 g/mol. The molecule has 0 aromatic heterocycles. The van der Waals surface area contributed by atoms with Crippen molar-refractivity contribution < 1.29 is 9.84 Å². The number of hydrogen-bond acceptors (Lipinski definition) is 3. The van der Waals surface area contributed by atoms with E-state index in [1.165, 1.54) is 41.2 Å². The summed E-state index contributed by atoms with van der Waals surface area (Å²) in [5.41, 5.74) is 2.05. The van der Waals surface area contributed by atoms with Gasteiger partial charge in [0.25, 0.3) is 0 Å². The van der Waals surface area contributed by atoms with Gasteiger partial charge in [-0.15, -0.1) is 0 Å². The summed E-state index contributed by atoms with van der Waals surface area (Å²) in [5, 5.41) is 17.6. The molecule has 0 heterocycles. The second-order valence-corrected chi connectivity index (χ2v) is 10.4. The molecule has 3 aromatic rings. The number of hydrogen-bond donors (Lipinski definition) is 2. The molecule has 7 rings (SSSR count). The molecule has 0 spiro atoms. The van der Waals surface area contributed by atoms with Crippen LogP contribution in [0, 0.1) is 11.8 Å². The van der Waals surface area contributed by atoms with E-state index in [1.54, 1.807) is 0 Å². The third kappa shape index (κ3) is 3.64. The van der Waals surface area contributed by atoms with Crippen LogP contribution < -0.4 is 10.1 Å². The molecule has 0 aliphatic heterocycles. The molecule has 4 fully saturated rings. The average Bonchev–Trinajstić information content (AvgIpc) is 2.75. The Bertz CT molecular complexity index is 1080. The van der Waals surface area contributed by atoms with Gasteiger partial charge in [-0.25, -0.2) is 0 Å². The lowest BCUT2D eigenvalue weighted by atomic mass is 9.51. The van der Waals surface area contributed by atoms with E-state index in [0.29, 0.717) is 18.4 Å². The first-order valence-corrected chi connectivity index (χ1v) is 11.7. The van der Waals surface area contributed by atoms with E-state index >= 15 is 0 Å². The topological polar surface area (TPSA) is 41.5 Å². The van der Waals surface area contributed by atoms with Crippen molar-refractivity contribution in [2.75, 3.05) is 0 Å². The quantitative estimate of drug-likeness (QED) is 0.553. The maximum atomic E-state index is 11.1. The van der Waals surface area contributed by atoms with Crippen LogP contribution in [0.25, 0.3) is 10.8 Å². The van der Waals surface area contributed by atoms with Crippen LogP contribution in [0.2, 0.25) is 0 Å². The Morgan fingerprint density at radius 2 is 1.61 bits per heavy atom. The molecule has 2 atom stereocenters. The fraction of sp³-hybridized carbons (Fsp3) is 0.429. The monoisotopic (exact) mass is 413 g/mol. The molecule has 0 saturated heterocycles. The molecule has 3 nitrogen and oxygen atoms in total. The standard InChI is InChI=1S/C28H31NO2/c30-28-15-21-12-22(16-28)14-27(13-21,19-28)29-17-25-24-9-5-4-8-23(24)10-11-26(25)31-18-20-6-2-1-3-7-20/h1-11,21-22,29-30H,12-19H2. The van der Waals surface area contributed by atoms with Crippen molar-refractivity contribution in [1.82, 2.24) is 5.32 Å². The Labute approximate surface area is 184 Å². The Balaban J connectivity index is 1.29. The first-order valence-electron chi connectivity index (χ1n) is 11.7. The predicted octanol–water partition coefficient (Wildman–Crippen LogP) is 5.59. The number of rotatable bonds is 6. The molecule has 2 N–H and O–H groups in total. The van der Waals surface area contributed by atoms with Crippen molar-refractivity contribution in [2.45, 2.75) is 62.8 Å². The maximum absolute atomic E-state index is 11.1. The van der Waals surface area contributed by atoms with Gasteiger partial charge in [0.2, 0.25) is 0 Å². The van der Waals surface area contributed by atoms with Crippen molar-refractivity contribution in [3.8, 4) is 5.75 Å². The lowest BCUT2D eigenvalue weighted by Gasteiger charge is -2.60. The molecule has 3 heteroatoms. The highest BCUT2D eigenvalue weighted by Gasteiger charge is 2.56. The summed E-state index contributed by atoms with van der Waals surface area (Å²) in [6.07, 6.45) is 6.64. The Hall–Kier alpha value is -2.36. The minimum atomic E-state index is -0.442. The zero-order valence-corrected chi connectivity index (χ0v) is 18.0. The van der Waals surface area contributed by atoms with Gasteiger partial charge in [0, 0.05) is 17.6 Å². The van der Waals surface area contributed by atoms with Crippen LogP contribution in [0.3, 0.4) is 0 Å². The highest BCUT2D eigenvalue weighted by atomic mass is 16.5. The minimum absolute atomic E-state index is 0.0759. The molecule has 4 aliphatic rings. The fourth-order valence-electron chi connectivity index (χ4n) is 7.07. The first-order chi connectivity index (χ1) is 15.1. The van der Waals surface area contributed by atoms with Gasteiger partial charge in [-0.1, -0.05) is 60.7 Å². The summed E-state index contributed by atoms with van der Waals surface area (Å²) < 4.78 is 6.33. The summed E-state index contributed by atoms with van der Waals surface area (Å²) in [7, 11) is 0. The molecule has 31 heavy (non-hydrogen) atoms. The van der Waals surface area contributed by atoms with E-state index < -0.39 is 5.60 Å². The predicted molar refractivity (Wildman–Crippen MR) is 124 cm³/mol. The van der Waals surface area contributed by atoms with E-state index in [4.69, 9.17) is 4.74 Å². The van der Waals surface area contributed by atoms with E-state index in [0.717, 1.165) is 31.6 Å². The minimum Gasteiger partial charge on any atom is -0.489 e. The molecule has 0 amide bonds. The molecule has 4 aliphatic carbocycles. The number of ether oxygens (including phenoxy) is 1. The van der Waals surface area contributed by atoms with Crippen LogP contribution in [0.1, 0.15) is 49.7 Å². The van der Waals surface area contributed by atoms with Gasteiger partial charge >= 0.3 is 0 Å². The third-order valence-electron chi connectivity index (χ3n) is 7.91. The number of aliphatic hydroxyl groups is 1. The van der Waals surface area contributed by atoms with Crippen LogP contribution in [0.4, 0.5) is 0 Å². The molecule has 160 valence electrons. The molecule has 0 radical (unpaired) electrons. The Kier molecular flexibility index (Phi) is 4.59. The van der Waals surface area contributed by atoms with Gasteiger partial charge in [0.05, 0.1) is 5.60 Å². The van der Waals surface area contributed by atoms with Crippen LogP contribution in [0.15, 0.2) is 66.7 Å². The molecular formula is C28H31NO2. The van der Waals surface area contributed by atoms with Crippen molar-refractivity contribution in [1.29, 1.82) is 0 Å². The Morgan fingerprint density at radius 3 is 2.39 bits per heavy atom. The molecule has 3 aromatic carbocycles. The average molecular weight is 414 g/mol. The number of nitrogens with one attached hydrogen (secondary N) is 1. The second kappa shape index (κ2) is 7.36. The molecule has 4 saturated carbocycles. The van der Waals surface area contributed by atoms with Gasteiger partial charge in [-0.2, -0.15) is 0 Å². The van der Waals surface area contributed by atoms with E-state index in [9.17, 15) is 5.11 Å². The van der Waals surface area contributed by atoms with Gasteiger partial charge in [0.15, 0.2) is 0 Å². The molecule has 4 bridgehead atoms. The van der Waals surface area contributed by atoms with Crippen molar-refractivity contribution in [3.05, 3.63) is 77.9 Å². The normalized spacial score (nSPS) is 31.3. The van der Waals surface area contributed by atoms with Crippen molar-refractivity contribution in [2.24, 2.45) is 11.8 Å². The summed E-state index contributed by atoms with van der Waals surface area (Å²) in [5.74, 6) is 2.32. The lowest BCUT2D eigenvalue weighted by Crippen LogP contribution is -2.64. The first kappa shape index (κ1) is 19.3. The Morgan fingerprint density at radius 1 is 0.871 bits per heavy atom.